The lowest BCUT2D eigenvalue weighted by Crippen LogP contribution is -2.65. The van der Waals surface area contributed by atoms with Crippen LogP contribution in [0.25, 0.3) is 0 Å². The number of hydrogen-bond donors (Lipinski definition) is 3. The number of allylic oxidation sites excluding steroid dienone is 1. The number of nitrogens with zero attached hydrogens (tertiary/aromatic N) is 2. The molecule has 2 aliphatic carbocycles. The zero-order valence-corrected chi connectivity index (χ0v) is 26.4. The van der Waals surface area contributed by atoms with E-state index in [2.05, 4.69) is 36.0 Å². The summed E-state index contributed by atoms with van der Waals surface area (Å²) in [6, 6.07) is -0.503. The van der Waals surface area contributed by atoms with Crippen LogP contribution in [0, 0.1) is 23.7 Å². The first-order chi connectivity index (χ1) is 20.0. The number of ketones is 1. The quantitative estimate of drug-likeness (QED) is 0.352. The summed E-state index contributed by atoms with van der Waals surface area (Å²) in [4.78, 5) is 28.2. The molecule has 7 nitrogen and oxygen atoms in total. The SMILES string of the molecule is C=CC(C)=O.CCCC1NC(C2CCC(C3CCC3)CC2)N2CCN(C(=O)C3CNC(C(C)(F)F)C(O)C3)C(CC)C12. The van der Waals surface area contributed by atoms with Crippen LogP contribution in [0.3, 0.4) is 0 Å². The van der Waals surface area contributed by atoms with Crippen LogP contribution in [0.4, 0.5) is 8.78 Å². The summed E-state index contributed by atoms with van der Waals surface area (Å²) in [5, 5.41) is 17.3. The average Bonchev–Trinajstić information content (AvgIpc) is 3.30. The second-order valence-electron chi connectivity index (χ2n) is 13.8. The predicted octanol–water partition coefficient (Wildman–Crippen LogP) is 4.74. The topological polar surface area (TPSA) is 84.9 Å². The maximum absolute atomic E-state index is 13.9. The van der Waals surface area contributed by atoms with Gasteiger partial charge in [-0.05, 0) is 75.7 Å². The van der Waals surface area contributed by atoms with Gasteiger partial charge in [0.25, 0.3) is 5.92 Å². The summed E-state index contributed by atoms with van der Waals surface area (Å²) < 4.78 is 27.7. The number of carbonyl (C=O) groups is 2. The molecule has 5 aliphatic rings. The van der Waals surface area contributed by atoms with Crippen LogP contribution in [0.15, 0.2) is 12.7 Å². The number of fused-ring (bicyclic) bond motifs is 1. The largest absolute Gasteiger partial charge is 0.391 e. The van der Waals surface area contributed by atoms with Crippen molar-refractivity contribution in [2.75, 3.05) is 19.6 Å². The van der Waals surface area contributed by atoms with Crippen LogP contribution in [-0.4, -0.2) is 88.6 Å². The maximum Gasteiger partial charge on any atom is 0.262 e. The molecule has 42 heavy (non-hydrogen) atoms. The summed E-state index contributed by atoms with van der Waals surface area (Å²) >= 11 is 0. The molecule has 0 radical (unpaired) electrons. The highest BCUT2D eigenvalue weighted by Gasteiger charge is 2.52. The van der Waals surface area contributed by atoms with E-state index in [1.54, 1.807) is 0 Å². The van der Waals surface area contributed by atoms with Crippen molar-refractivity contribution in [2.24, 2.45) is 23.7 Å². The summed E-state index contributed by atoms with van der Waals surface area (Å²) in [7, 11) is 0. The molecule has 5 rings (SSSR count). The molecule has 0 aromatic rings. The first kappa shape index (κ1) is 33.5. The molecule has 240 valence electrons. The number of halogens is 2. The highest BCUT2D eigenvalue weighted by molar-refractivity contribution is 5.86. The Labute approximate surface area is 252 Å². The van der Waals surface area contributed by atoms with Crippen molar-refractivity contribution in [3.8, 4) is 0 Å². The molecule has 3 aliphatic heterocycles. The number of aliphatic hydroxyl groups excluding tert-OH is 1. The highest BCUT2D eigenvalue weighted by Crippen LogP contribution is 2.45. The number of piperidine rings is 1. The van der Waals surface area contributed by atoms with Gasteiger partial charge in [-0.1, -0.05) is 46.1 Å². The molecule has 3 N–H and O–H groups in total. The second kappa shape index (κ2) is 14.6. The molecule has 9 heteroatoms. The third-order valence-corrected chi connectivity index (χ3v) is 11.0. The van der Waals surface area contributed by atoms with E-state index in [1.165, 1.54) is 57.9 Å². The van der Waals surface area contributed by atoms with Crippen molar-refractivity contribution in [1.29, 1.82) is 0 Å². The van der Waals surface area contributed by atoms with Gasteiger partial charge in [0.1, 0.15) is 0 Å². The van der Waals surface area contributed by atoms with Crippen molar-refractivity contribution in [3.63, 3.8) is 0 Å². The number of carbonyl (C=O) groups excluding carboxylic acids is 2. The Bertz CT molecular complexity index is 917. The molecule has 5 fully saturated rings. The Morgan fingerprint density at radius 1 is 1.05 bits per heavy atom. The lowest BCUT2D eigenvalue weighted by Gasteiger charge is -2.49. The van der Waals surface area contributed by atoms with Gasteiger partial charge in [-0.25, -0.2) is 8.78 Å². The van der Waals surface area contributed by atoms with Crippen LogP contribution in [0.2, 0.25) is 0 Å². The van der Waals surface area contributed by atoms with E-state index in [0.29, 0.717) is 30.7 Å². The standard InChI is InChI=1S/C29H50F2N4O2.C4H6O/c1-4-7-22-25-23(5-2)34(28(37)21-16-24(36)26(32-17-21)29(3,30)31)14-15-35(25)27(33-22)20-12-10-19(11-13-20)18-8-6-9-18;1-3-4(2)5/h18-27,32-33,36H,4-17H2,1-3H3;3H,1H2,2H3. The molecule has 2 saturated carbocycles. The zero-order valence-electron chi connectivity index (χ0n) is 26.4. The van der Waals surface area contributed by atoms with Crippen molar-refractivity contribution >= 4 is 11.7 Å². The van der Waals surface area contributed by atoms with E-state index in [9.17, 15) is 23.5 Å². The van der Waals surface area contributed by atoms with Crippen molar-refractivity contribution < 1.29 is 23.5 Å². The van der Waals surface area contributed by atoms with Gasteiger partial charge in [0.2, 0.25) is 5.91 Å². The Hall–Kier alpha value is -1.42. The van der Waals surface area contributed by atoms with Crippen LogP contribution >= 0.6 is 0 Å². The van der Waals surface area contributed by atoms with E-state index in [0.717, 1.165) is 44.6 Å². The summed E-state index contributed by atoms with van der Waals surface area (Å²) in [6.07, 6.45) is 13.4. The van der Waals surface area contributed by atoms with E-state index >= 15 is 0 Å². The van der Waals surface area contributed by atoms with E-state index < -0.39 is 24.0 Å². The first-order valence-corrected chi connectivity index (χ1v) is 16.7. The minimum atomic E-state index is -3.01. The van der Waals surface area contributed by atoms with Gasteiger partial charge < -0.3 is 15.3 Å². The minimum Gasteiger partial charge on any atom is -0.391 e. The molecule has 7 unspecified atom stereocenters. The minimum absolute atomic E-state index is 0.0185. The van der Waals surface area contributed by atoms with Gasteiger partial charge in [0.05, 0.1) is 24.2 Å². The Kier molecular flexibility index (Phi) is 11.6. The van der Waals surface area contributed by atoms with Crippen LogP contribution in [0.1, 0.15) is 98.3 Å². The monoisotopic (exact) mass is 594 g/mol. The molecule has 7 atom stereocenters. The van der Waals surface area contributed by atoms with E-state index in [-0.39, 0.29) is 30.7 Å². The number of rotatable bonds is 8. The first-order valence-electron chi connectivity index (χ1n) is 16.7. The van der Waals surface area contributed by atoms with Gasteiger partial charge in [0.15, 0.2) is 5.78 Å². The number of piperazine rings is 1. The highest BCUT2D eigenvalue weighted by atomic mass is 19.3. The molecule has 3 heterocycles. The number of nitrogens with one attached hydrogen (secondary N) is 2. The van der Waals surface area contributed by atoms with E-state index in [4.69, 9.17) is 0 Å². The fourth-order valence-corrected chi connectivity index (χ4v) is 8.59. The predicted molar refractivity (Wildman–Crippen MR) is 162 cm³/mol. The van der Waals surface area contributed by atoms with Gasteiger partial charge >= 0.3 is 0 Å². The fourth-order valence-electron chi connectivity index (χ4n) is 8.59. The molecule has 0 spiro atoms. The molecule has 3 saturated heterocycles. The Morgan fingerprint density at radius 3 is 2.17 bits per heavy atom. The lowest BCUT2D eigenvalue weighted by molar-refractivity contribution is -0.148. The van der Waals surface area contributed by atoms with Crippen LogP contribution < -0.4 is 10.6 Å². The molecule has 0 aromatic carbocycles. The summed E-state index contributed by atoms with van der Waals surface area (Å²) in [6.45, 7) is 11.7. The van der Waals surface area contributed by atoms with Crippen molar-refractivity contribution in [1.82, 2.24) is 20.4 Å². The van der Waals surface area contributed by atoms with Crippen molar-refractivity contribution in [2.45, 2.75) is 141 Å². The Balaban J connectivity index is 0.000000748. The number of hydrogen-bond acceptors (Lipinski definition) is 6. The average molecular weight is 595 g/mol. The van der Waals surface area contributed by atoms with Gasteiger partial charge in [0, 0.05) is 44.7 Å². The molecule has 0 aromatic heterocycles. The van der Waals surface area contributed by atoms with Gasteiger partial charge in [-0.15, -0.1) is 0 Å². The number of aliphatic hydroxyl groups is 1. The van der Waals surface area contributed by atoms with E-state index in [1.807, 2.05) is 4.90 Å². The second-order valence-corrected chi connectivity index (χ2v) is 13.8. The van der Waals surface area contributed by atoms with Crippen LogP contribution in [-0.2, 0) is 9.59 Å². The fraction of sp³-hybridized carbons (Fsp3) is 0.879. The third-order valence-electron chi connectivity index (χ3n) is 11.0. The van der Waals surface area contributed by atoms with Gasteiger partial charge in [-0.3, -0.25) is 19.8 Å². The van der Waals surface area contributed by atoms with Crippen LogP contribution in [0.5, 0.6) is 0 Å². The summed E-state index contributed by atoms with van der Waals surface area (Å²) in [5.74, 6) is -0.806. The third kappa shape index (κ3) is 7.44. The number of amides is 1. The normalized spacial score (nSPS) is 37.7. The zero-order chi connectivity index (χ0) is 30.6. The summed E-state index contributed by atoms with van der Waals surface area (Å²) in [5.41, 5.74) is 0. The molecule has 1 amide bonds. The smallest absolute Gasteiger partial charge is 0.262 e. The number of alkyl halides is 2. The van der Waals surface area contributed by atoms with Crippen molar-refractivity contribution in [3.05, 3.63) is 12.7 Å². The Morgan fingerprint density at radius 2 is 1.67 bits per heavy atom. The molecular formula is C33H56F2N4O3. The van der Waals surface area contributed by atoms with Gasteiger partial charge in [-0.2, -0.15) is 0 Å². The maximum atomic E-state index is 13.9. The lowest BCUT2D eigenvalue weighted by atomic mass is 9.68. The molecule has 0 bridgehead atoms. The molecular weight excluding hydrogens is 538 g/mol.